The van der Waals surface area contributed by atoms with Gasteiger partial charge in [0.25, 0.3) is 5.91 Å². The minimum absolute atomic E-state index is 0.300. The van der Waals surface area contributed by atoms with Crippen molar-refractivity contribution in [2.24, 2.45) is 5.10 Å². The van der Waals surface area contributed by atoms with E-state index in [0.29, 0.717) is 37.7 Å². The summed E-state index contributed by atoms with van der Waals surface area (Å²) < 4.78 is 17.0. The third kappa shape index (κ3) is 6.56. The van der Waals surface area contributed by atoms with Crippen LogP contribution in [0.3, 0.4) is 0 Å². The lowest BCUT2D eigenvalue weighted by molar-refractivity contribution is 0.0950. The van der Waals surface area contributed by atoms with Gasteiger partial charge in [-0.1, -0.05) is 72.0 Å². The third-order valence-electron chi connectivity index (χ3n) is 5.80. The zero-order chi connectivity index (χ0) is 26.0. The van der Waals surface area contributed by atoms with Gasteiger partial charge in [0.1, 0.15) is 24.7 Å². The molecule has 1 amide bonds. The molecule has 0 radical (unpaired) electrons. The summed E-state index contributed by atoms with van der Waals surface area (Å²) >= 11 is 1.54. The van der Waals surface area contributed by atoms with Gasteiger partial charge in [-0.2, -0.15) is 5.10 Å². The molecule has 0 unspecified atom stereocenters. The fraction of sp³-hybridized carbons (Fsp3) is 0.207. The van der Waals surface area contributed by atoms with E-state index >= 15 is 0 Å². The first-order valence-corrected chi connectivity index (χ1v) is 13.2. The van der Waals surface area contributed by atoms with Crippen LogP contribution < -0.4 is 19.8 Å². The van der Waals surface area contributed by atoms with Crippen molar-refractivity contribution in [3.8, 4) is 22.8 Å². The Hall–Kier alpha value is -4.21. The van der Waals surface area contributed by atoms with Crippen LogP contribution in [0.2, 0.25) is 0 Å². The average Bonchev–Trinajstić information content (AvgIpc) is 3.41. The van der Waals surface area contributed by atoms with Crippen LogP contribution in [0, 0.1) is 0 Å². The minimum atomic E-state index is -0.361. The van der Waals surface area contributed by atoms with Crippen molar-refractivity contribution in [2.75, 3.05) is 44.4 Å². The van der Waals surface area contributed by atoms with Crippen LogP contribution >= 0.6 is 11.3 Å². The molecule has 4 aromatic rings. The number of anilines is 1. The van der Waals surface area contributed by atoms with E-state index in [0.717, 1.165) is 40.1 Å². The second-order valence-corrected chi connectivity index (χ2v) is 9.39. The number of para-hydroxylation sites is 2. The Bertz CT molecular complexity index is 1360. The summed E-state index contributed by atoms with van der Waals surface area (Å²) in [4.78, 5) is 20.9. The highest BCUT2D eigenvalue weighted by Gasteiger charge is 2.19. The highest BCUT2D eigenvalue weighted by atomic mass is 32.1. The molecule has 1 saturated heterocycles. The van der Waals surface area contributed by atoms with Gasteiger partial charge >= 0.3 is 0 Å². The van der Waals surface area contributed by atoms with Crippen LogP contribution in [0.5, 0.6) is 11.5 Å². The number of hydrogen-bond donors (Lipinski definition) is 1. The fourth-order valence-corrected chi connectivity index (χ4v) is 4.93. The number of hydrogen-bond acceptors (Lipinski definition) is 8. The maximum absolute atomic E-state index is 12.9. The number of carbonyl (C=O) groups is 1. The van der Waals surface area contributed by atoms with Crippen molar-refractivity contribution in [2.45, 2.75) is 0 Å². The summed E-state index contributed by atoms with van der Waals surface area (Å²) in [5, 5.41) is 5.18. The van der Waals surface area contributed by atoms with Gasteiger partial charge in [-0.25, -0.2) is 10.4 Å². The lowest BCUT2D eigenvalue weighted by atomic mass is 10.1. The van der Waals surface area contributed by atoms with Crippen LogP contribution in [-0.2, 0) is 4.74 Å². The van der Waals surface area contributed by atoms with Gasteiger partial charge in [0.2, 0.25) is 0 Å². The van der Waals surface area contributed by atoms with E-state index < -0.39 is 0 Å². The molecule has 1 aromatic heterocycles. The van der Waals surface area contributed by atoms with E-state index in [-0.39, 0.29) is 5.91 Å². The second-order valence-electron chi connectivity index (χ2n) is 8.38. The monoisotopic (exact) mass is 528 g/mol. The number of aromatic nitrogens is 1. The number of rotatable bonds is 10. The molecule has 0 bridgehead atoms. The SMILES string of the molecule is O=C(N/N=C/c1sc(N2CCOCC2)nc1-c1ccccc1)c1ccccc1OCCOc1ccccc1. The van der Waals surface area contributed by atoms with Crippen molar-refractivity contribution in [3.05, 3.63) is 95.4 Å². The molecule has 9 heteroatoms. The largest absolute Gasteiger partial charge is 0.490 e. The lowest BCUT2D eigenvalue weighted by Crippen LogP contribution is -2.36. The highest BCUT2D eigenvalue weighted by molar-refractivity contribution is 7.17. The van der Waals surface area contributed by atoms with Gasteiger partial charge in [0.05, 0.1) is 35.6 Å². The molecule has 8 nitrogen and oxygen atoms in total. The van der Waals surface area contributed by atoms with Gasteiger partial charge in [0, 0.05) is 18.7 Å². The zero-order valence-electron chi connectivity index (χ0n) is 20.8. The predicted molar refractivity (Wildman–Crippen MR) is 150 cm³/mol. The van der Waals surface area contributed by atoms with E-state index in [4.69, 9.17) is 19.2 Å². The Labute approximate surface area is 225 Å². The molecule has 3 aromatic carbocycles. The Balaban J connectivity index is 1.25. The molecular weight excluding hydrogens is 500 g/mol. The van der Waals surface area contributed by atoms with E-state index in [9.17, 15) is 4.79 Å². The van der Waals surface area contributed by atoms with E-state index in [1.165, 1.54) is 0 Å². The molecule has 0 spiro atoms. The Morgan fingerprint density at radius 1 is 0.947 bits per heavy atom. The number of ether oxygens (including phenoxy) is 3. The number of nitrogens with zero attached hydrogens (tertiary/aromatic N) is 3. The minimum Gasteiger partial charge on any atom is -0.490 e. The molecule has 0 saturated carbocycles. The van der Waals surface area contributed by atoms with E-state index in [1.807, 2.05) is 66.7 Å². The highest BCUT2D eigenvalue weighted by Crippen LogP contribution is 2.32. The summed E-state index contributed by atoms with van der Waals surface area (Å²) in [6.07, 6.45) is 1.65. The maximum atomic E-state index is 12.9. The van der Waals surface area contributed by atoms with E-state index in [1.54, 1.807) is 35.8 Å². The molecule has 1 N–H and O–H groups in total. The Morgan fingerprint density at radius 3 is 2.42 bits per heavy atom. The molecule has 2 heterocycles. The topological polar surface area (TPSA) is 85.3 Å². The van der Waals surface area contributed by atoms with Crippen molar-refractivity contribution in [1.29, 1.82) is 0 Å². The summed E-state index contributed by atoms with van der Waals surface area (Å²) in [7, 11) is 0. The lowest BCUT2D eigenvalue weighted by Gasteiger charge is -2.26. The number of amides is 1. The second kappa shape index (κ2) is 12.8. The van der Waals surface area contributed by atoms with E-state index in [2.05, 4.69) is 15.4 Å². The average molecular weight is 529 g/mol. The summed E-state index contributed by atoms with van der Waals surface area (Å²) in [5.74, 6) is 0.875. The number of thiazole rings is 1. The number of benzene rings is 3. The first-order chi connectivity index (χ1) is 18.8. The standard InChI is InChI=1S/C29H28N4O4S/c34-28(24-13-7-8-14-25(24)37-20-19-36-23-11-5-2-6-12-23)32-30-21-26-27(22-9-3-1-4-10-22)31-29(38-26)33-15-17-35-18-16-33/h1-14,21H,15-20H2,(H,32,34)/b30-21+. The molecule has 0 atom stereocenters. The smallest absolute Gasteiger partial charge is 0.275 e. The maximum Gasteiger partial charge on any atom is 0.275 e. The van der Waals surface area contributed by atoms with Crippen molar-refractivity contribution < 1.29 is 19.0 Å². The summed E-state index contributed by atoms with van der Waals surface area (Å²) in [6.45, 7) is 3.61. The zero-order valence-corrected chi connectivity index (χ0v) is 21.6. The molecule has 38 heavy (non-hydrogen) atoms. The van der Waals surface area contributed by atoms with Crippen molar-refractivity contribution in [3.63, 3.8) is 0 Å². The molecule has 194 valence electrons. The molecule has 1 aliphatic heterocycles. The van der Waals surface area contributed by atoms with Crippen LogP contribution in [0.4, 0.5) is 5.13 Å². The normalized spacial score (nSPS) is 13.4. The van der Waals surface area contributed by atoms with Gasteiger partial charge < -0.3 is 19.1 Å². The van der Waals surface area contributed by atoms with Gasteiger partial charge in [-0.15, -0.1) is 0 Å². The summed E-state index contributed by atoms with van der Waals surface area (Å²) in [6, 6.07) is 26.6. The Kier molecular flexibility index (Phi) is 8.60. The number of carbonyl (C=O) groups excluding carboxylic acids is 1. The van der Waals surface area contributed by atoms with Crippen LogP contribution in [0.15, 0.2) is 90.0 Å². The van der Waals surface area contributed by atoms with Gasteiger partial charge in [0.15, 0.2) is 5.13 Å². The summed E-state index contributed by atoms with van der Waals surface area (Å²) in [5.41, 5.74) is 4.85. The molecule has 0 aliphatic carbocycles. The first kappa shape index (κ1) is 25.4. The molecule has 5 rings (SSSR count). The fourth-order valence-electron chi connectivity index (χ4n) is 3.92. The predicted octanol–water partition coefficient (Wildman–Crippen LogP) is 4.87. The van der Waals surface area contributed by atoms with Crippen molar-refractivity contribution >= 4 is 28.6 Å². The van der Waals surface area contributed by atoms with Crippen LogP contribution in [0.25, 0.3) is 11.3 Å². The van der Waals surface area contributed by atoms with Crippen LogP contribution in [-0.4, -0.2) is 56.6 Å². The third-order valence-corrected chi connectivity index (χ3v) is 6.85. The Morgan fingerprint density at radius 2 is 1.63 bits per heavy atom. The number of morpholine rings is 1. The molecule has 1 aliphatic rings. The van der Waals surface area contributed by atoms with Gasteiger partial charge in [-0.3, -0.25) is 4.79 Å². The van der Waals surface area contributed by atoms with Gasteiger partial charge in [-0.05, 0) is 24.3 Å². The number of hydrazone groups is 1. The first-order valence-electron chi connectivity index (χ1n) is 12.4. The molecular formula is C29H28N4O4S. The van der Waals surface area contributed by atoms with Crippen molar-refractivity contribution in [1.82, 2.24) is 10.4 Å². The number of nitrogens with one attached hydrogen (secondary N) is 1. The van der Waals surface area contributed by atoms with Crippen LogP contribution in [0.1, 0.15) is 15.2 Å². The molecule has 1 fully saturated rings. The quantitative estimate of drug-likeness (QED) is 0.180.